The number of nitrogens with one attached hydrogen (secondary N) is 1. The van der Waals surface area contributed by atoms with Crippen molar-refractivity contribution in [2.24, 2.45) is 23.5 Å². The van der Waals surface area contributed by atoms with Gasteiger partial charge in [0.15, 0.2) is 0 Å². The lowest BCUT2D eigenvalue weighted by molar-refractivity contribution is -0.126. The third-order valence-electron chi connectivity index (χ3n) is 5.19. The van der Waals surface area contributed by atoms with E-state index >= 15 is 0 Å². The van der Waals surface area contributed by atoms with Crippen molar-refractivity contribution in [3.63, 3.8) is 0 Å². The predicted molar refractivity (Wildman–Crippen MR) is 87.0 cm³/mol. The third kappa shape index (κ3) is 5.59. The molecule has 1 saturated carbocycles. The van der Waals surface area contributed by atoms with E-state index in [2.05, 4.69) is 17.1 Å². The highest BCUT2D eigenvalue weighted by molar-refractivity contribution is 5.78. The third-order valence-corrected chi connectivity index (χ3v) is 5.19. The van der Waals surface area contributed by atoms with Crippen LogP contribution in [0.25, 0.3) is 0 Å². The van der Waals surface area contributed by atoms with E-state index in [9.17, 15) is 4.79 Å². The second-order valence-corrected chi connectivity index (χ2v) is 7.16. The largest absolute Gasteiger partial charge is 0.356 e. The minimum absolute atomic E-state index is 0.231. The topological polar surface area (TPSA) is 58.4 Å². The first-order chi connectivity index (χ1) is 10.2. The van der Waals surface area contributed by atoms with E-state index in [0.717, 1.165) is 45.3 Å². The van der Waals surface area contributed by atoms with Gasteiger partial charge in [-0.25, -0.2) is 0 Å². The van der Waals surface area contributed by atoms with Crippen molar-refractivity contribution < 1.29 is 4.79 Å². The molecule has 0 aromatic heterocycles. The van der Waals surface area contributed by atoms with Gasteiger partial charge in [0, 0.05) is 19.0 Å². The number of likely N-dealkylation sites (tertiary alicyclic amines) is 1. The van der Waals surface area contributed by atoms with E-state index in [1.807, 2.05) is 0 Å². The van der Waals surface area contributed by atoms with Crippen LogP contribution in [0.5, 0.6) is 0 Å². The number of amides is 1. The van der Waals surface area contributed by atoms with E-state index in [0.29, 0.717) is 11.8 Å². The number of hydrogen-bond donors (Lipinski definition) is 2. The summed E-state index contributed by atoms with van der Waals surface area (Å²) in [5.74, 6) is 1.70. The normalized spacial score (nSPS) is 29.0. The highest BCUT2D eigenvalue weighted by Crippen LogP contribution is 2.28. The van der Waals surface area contributed by atoms with Crippen LogP contribution in [0, 0.1) is 17.8 Å². The summed E-state index contributed by atoms with van der Waals surface area (Å²) in [6.07, 6.45) is 8.35. The first kappa shape index (κ1) is 16.8. The van der Waals surface area contributed by atoms with E-state index in [4.69, 9.17) is 5.73 Å². The molecule has 4 heteroatoms. The van der Waals surface area contributed by atoms with Crippen molar-refractivity contribution in [3.05, 3.63) is 0 Å². The SMILES string of the molecule is CC(CNC(=O)C1CCC(CN)CC1)CN1CCCCC1. The Morgan fingerprint density at radius 2 is 1.86 bits per heavy atom. The van der Waals surface area contributed by atoms with Crippen LogP contribution in [-0.2, 0) is 4.79 Å². The monoisotopic (exact) mass is 295 g/mol. The van der Waals surface area contributed by atoms with Gasteiger partial charge in [-0.15, -0.1) is 0 Å². The fraction of sp³-hybridized carbons (Fsp3) is 0.941. The average Bonchev–Trinajstić information content (AvgIpc) is 2.53. The highest BCUT2D eigenvalue weighted by atomic mass is 16.1. The first-order valence-electron chi connectivity index (χ1n) is 8.89. The Kier molecular flexibility index (Phi) is 6.97. The molecule has 4 nitrogen and oxygen atoms in total. The molecular formula is C17H33N3O. The van der Waals surface area contributed by atoms with E-state index in [-0.39, 0.29) is 11.8 Å². The molecule has 122 valence electrons. The van der Waals surface area contributed by atoms with Crippen LogP contribution in [0.3, 0.4) is 0 Å². The summed E-state index contributed by atoms with van der Waals surface area (Å²) >= 11 is 0. The van der Waals surface area contributed by atoms with Crippen LogP contribution in [0.4, 0.5) is 0 Å². The number of piperidine rings is 1. The molecule has 1 saturated heterocycles. The molecule has 0 spiro atoms. The van der Waals surface area contributed by atoms with E-state index in [1.54, 1.807) is 0 Å². The molecule has 1 heterocycles. The first-order valence-corrected chi connectivity index (χ1v) is 8.89. The molecule has 1 aliphatic heterocycles. The fourth-order valence-corrected chi connectivity index (χ4v) is 3.73. The van der Waals surface area contributed by atoms with Gasteiger partial charge in [0.1, 0.15) is 0 Å². The molecule has 2 fully saturated rings. The standard InChI is InChI=1S/C17H33N3O/c1-14(13-20-9-3-2-4-10-20)12-19-17(21)16-7-5-15(11-18)6-8-16/h14-16H,2-13,18H2,1H3,(H,19,21). The molecule has 1 unspecified atom stereocenters. The lowest BCUT2D eigenvalue weighted by Gasteiger charge is -2.30. The number of rotatable bonds is 6. The molecule has 3 N–H and O–H groups in total. The molecule has 0 aromatic carbocycles. The van der Waals surface area contributed by atoms with Gasteiger partial charge >= 0.3 is 0 Å². The number of carbonyl (C=O) groups is 1. The molecule has 0 aromatic rings. The Morgan fingerprint density at radius 3 is 2.48 bits per heavy atom. The van der Waals surface area contributed by atoms with Crippen LogP contribution in [-0.4, -0.2) is 43.5 Å². The molecule has 1 atom stereocenters. The van der Waals surface area contributed by atoms with Gasteiger partial charge in [0.25, 0.3) is 0 Å². The van der Waals surface area contributed by atoms with Crippen LogP contribution in [0.2, 0.25) is 0 Å². The molecule has 0 bridgehead atoms. The van der Waals surface area contributed by atoms with Crippen molar-refractivity contribution in [3.8, 4) is 0 Å². The van der Waals surface area contributed by atoms with Crippen LogP contribution in [0.15, 0.2) is 0 Å². The van der Waals surface area contributed by atoms with Crippen molar-refractivity contribution in [1.82, 2.24) is 10.2 Å². The van der Waals surface area contributed by atoms with Gasteiger partial charge in [0.2, 0.25) is 5.91 Å². The minimum Gasteiger partial charge on any atom is -0.356 e. The maximum Gasteiger partial charge on any atom is 0.223 e. The van der Waals surface area contributed by atoms with Gasteiger partial charge in [0.05, 0.1) is 0 Å². The summed E-state index contributed by atoms with van der Waals surface area (Å²) in [4.78, 5) is 14.8. The summed E-state index contributed by atoms with van der Waals surface area (Å²) in [7, 11) is 0. The fourth-order valence-electron chi connectivity index (χ4n) is 3.73. The zero-order valence-electron chi connectivity index (χ0n) is 13.7. The van der Waals surface area contributed by atoms with Crippen molar-refractivity contribution in [1.29, 1.82) is 0 Å². The molecule has 2 aliphatic rings. The smallest absolute Gasteiger partial charge is 0.223 e. The summed E-state index contributed by atoms with van der Waals surface area (Å²) in [5.41, 5.74) is 5.71. The zero-order valence-corrected chi connectivity index (χ0v) is 13.7. The van der Waals surface area contributed by atoms with Gasteiger partial charge in [-0.2, -0.15) is 0 Å². The number of nitrogens with two attached hydrogens (primary N) is 1. The minimum atomic E-state index is 0.231. The Hall–Kier alpha value is -0.610. The maximum absolute atomic E-state index is 12.2. The highest BCUT2D eigenvalue weighted by Gasteiger charge is 2.25. The lowest BCUT2D eigenvalue weighted by Crippen LogP contribution is -2.40. The van der Waals surface area contributed by atoms with Gasteiger partial charge in [-0.05, 0) is 70.0 Å². The quantitative estimate of drug-likeness (QED) is 0.788. The second-order valence-electron chi connectivity index (χ2n) is 7.16. The molecule has 2 rings (SSSR count). The zero-order chi connectivity index (χ0) is 15.1. The van der Waals surface area contributed by atoms with Crippen LogP contribution < -0.4 is 11.1 Å². The molecular weight excluding hydrogens is 262 g/mol. The molecule has 1 amide bonds. The maximum atomic E-state index is 12.2. The van der Waals surface area contributed by atoms with Crippen LogP contribution in [0.1, 0.15) is 51.9 Å². The Labute approximate surface area is 129 Å². The Bertz CT molecular complexity index is 307. The molecule has 0 radical (unpaired) electrons. The lowest BCUT2D eigenvalue weighted by atomic mass is 9.81. The van der Waals surface area contributed by atoms with Gasteiger partial charge in [-0.1, -0.05) is 13.3 Å². The molecule has 21 heavy (non-hydrogen) atoms. The van der Waals surface area contributed by atoms with Crippen molar-refractivity contribution in [2.45, 2.75) is 51.9 Å². The number of nitrogens with zero attached hydrogens (tertiary/aromatic N) is 1. The number of hydrogen-bond acceptors (Lipinski definition) is 3. The predicted octanol–water partition coefficient (Wildman–Crippen LogP) is 1.99. The average molecular weight is 295 g/mol. The number of carbonyl (C=O) groups excluding carboxylic acids is 1. The van der Waals surface area contributed by atoms with E-state index in [1.165, 1.54) is 32.4 Å². The van der Waals surface area contributed by atoms with Crippen molar-refractivity contribution >= 4 is 5.91 Å². The van der Waals surface area contributed by atoms with Crippen LogP contribution >= 0.6 is 0 Å². The Morgan fingerprint density at radius 1 is 1.19 bits per heavy atom. The summed E-state index contributed by atoms with van der Waals surface area (Å²) < 4.78 is 0. The van der Waals surface area contributed by atoms with E-state index < -0.39 is 0 Å². The Balaban J connectivity index is 1.61. The molecule has 1 aliphatic carbocycles. The van der Waals surface area contributed by atoms with Gasteiger partial charge < -0.3 is 16.0 Å². The van der Waals surface area contributed by atoms with Gasteiger partial charge in [-0.3, -0.25) is 4.79 Å². The second kappa shape index (κ2) is 8.74. The summed E-state index contributed by atoms with van der Waals surface area (Å²) in [6.45, 7) is 7.45. The van der Waals surface area contributed by atoms with Crippen molar-refractivity contribution in [2.75, 3.05) is 32.7 Å². The summed E-state index contributed by atoms with van der Waals surface area (Å²) in [6, 6.07) is 0. The summed E-state index contributed by atoms with van der Waals surface area (Å²) in [5, 5.41) is 3.18.